The second-order valence-corrected chi connectivity index (χ2v) is 5.69. The first-order valence-corrected chi connectivity index (χ1v) is 7.64. The second kappa shape index (κ2) is 5.46. The van der Waals surface area contributed by atoms with Crippen LogP contribution in [0.4, 0.5) is 5.82 Å². The smallest absolute Gasteiger partial charge is 0.249 e. The maximum absolute atomic E-state index is 12.2. The molecule has 2 heterocycles. The molecule has 4 rings (SSSR count). The number of hydrogen-bond donors (Lipinski definition) is 1. The van der Waals surface area contributed by atoms with Gasteiger partial charge in [0.2, 0.25) is 12.7 Å². The molecule has 0 atom stereocenters. The van der Waals surface area contributed by atoms with Gasteiger partial charge in [-0.15, -0.1) is 0 Å². The van der Waals surface area contributed by atoms with E-state index in [2.05, 4.69) is 10.4 Å². The van der Waals surface area contributed by atoms with Gasteiger partial charge in [0.15, 0.2) is 11.5 Å². The van der Waals surface area contributed by atoms with E-state index in [9.17, 15) is 4.79 Å². The minimum atomic E-state index is -0.166. The molecule has 0 spiro atoms. The summed E-state index contributed by atoms with van der Waals surface area (Å²) in [5.74, 6) is 2.08. The minimum absolute atomic E-state index is 0.166. The molecule has 2 aromatic rings. The Kier molecular flexibility index (Phi) is 3.29. The van der Waals surface area contributed by atoms with Crippen molar-refractivity contribution >= 4 is 17.8 Å². The number of ether oxygens (including phenoxy) is 2. The van der Waals surface area contributed by atoms with Gasteiger partial charge in [-0.05, 0) is 43.0 Å². The van der Waals surface area contributed by atoms with Crippen LogP contribution in [-0.2, 0) is 24.7 Å². The van der Waals surface area contributed by atoms with Gasteiger partial charge in [-0.2, -0.15) is 5.10 Å². The zero-order chi connectivity index (χ0) is 15.8. The second-order valence-electron chi connectivity index (χ2n) is 5.69. The molecule has 6 nitrogen and oxygen atoms in total. The van der Waals surface area contributed by atoms with Crippen LogP contribution >= 0.6 is 0 Å². The lowest BCUT2D eigenvalue weighted by molar-refractivity contribution is -0.111. The topological polar surface area (TPSA) is 65.4 Å². The van der Waals surface area contributed by atoms with Crippen molar-refractivity contribution in [1.29, 1.82) is 0 Å². The van der Waals surface area contributed by atoms with Gasteiger partial charge in [-0.1, -0.05) is 6.07 Å². The van der Waals surface area contributed by atoms with Crippen molar-refractivity contribution in [2.45, 2.75) is 19.3 Å². The van der Waals surface area contributed by atoms with Gasteiger partial charge in [0.25, 0.3) is 0 Å². The summed E-state index contributed by atoms with van der Waals surface area (Å²) in [7, 11) is 1.86. The van der Waals surface area contributed by atoms with E-state index in [-0.39, 0.29) is 12.7 Å². The number of benzene rings is 1. The van der Waals surface area contributed by atoms with Crippen molar-refractivity contribution in [3.05, 3.63) is 41.1 Å². The summed E-state index contributed by atoms with van der Waals surface area (Å²) in [6.45, 7) is 0.245. The van der Waals surface area contributed by atoms with Crippen LogP contribution in [0, 0.1) is 0 Å². The molecule has 1 amide bonds. The van der Waals surface area contributed by atoms with E-state index in [4.69, 9.17) is 9.47 Å². The summed E-state index contributed by atoms with van der Waals surface area (Å²) in [6, 6.07) is 5.58. The Morgan fingerprint density at radius 3 is 3.09 bits per heavy atom. The summed E-state index contributed by atoms with van der Waals surface area (Å²) in [5.41, 5.74) is 3.15. The summed E-state index contributed by atoms with van der Waals surface area (Å²) in [5, 5.41) is 7.38. The van der Waals surface area contributed by atoms with Crippen LogP contribution in [0.3, 0.4) is 0 Å². The number of amides is 1. The number of fused-ring (bicyclic) bond motifs is 2. The molecule has 0 unspecified atom stereocenters. The van der Waals surface area contributed by atoms with Gasteiger partial charge < -0.3 is 14.8 Å². The van der Waals surface area contributed by atoms with E-state index in [0.717, 1.165) is 47.7 Å². The van der Waals surface area contributed by atoms with Crippen LogP contribution < -0.4 is 14.8 Å². The fourth-order valence-electron chi connectivity index (χ4n) is 3.02. The van der Waals surface area contributed by atoms with Gasteiger partial charge in [-0.3, -0.25) is 9.48 Å². The summed E-state index contributed by atoms with van der Waals surface area (Å²) < 4.78 is 12.3. The predicted molar refractivity (Wildman–Crippen MR) is 85.5 cm³/mol. The largest absolute Gasteiger partial charge is 0.454 e. The number of carbonyl (C=O) groups excluding carboxylic acids is 1. The Hall–Kier alpha value is -2.76. The Morgan fingerprint density at radius 2 is 2.17 bits per heavy atom. The molecule has 118 valence electrons. The molecule has 0 fully saturated rings. The third-order valence-corrected chi connectivity index (χ3v) is 4.13. The Bertz CT molecular complexity index is 808. The quantitative estimate of drug-likeness (QED) is 0.883. The number of nitrogens with one attached hydrogen (secondary N) is 1. The van der Waals surface area contributed by atoms with E-state index in [0.29, 0.717) is 5.75 Å². The predicted octanol–water partition coefficient (Wildman–Crippen LogP) is 2.29. The van der Waals surface area contributed by atoms with Crippen LogP contribution in [0.2, 0.25) is 0 Å². The Labute approximate surface area is 133 Å². The van der Waals surface area contributed by atoms with Gasteiger partial charge in [0, 0.05) is 18.7 Å². The Morgan fingerprint density at radius 1 is 1.30 bits per heavy atom. The summed E-state index contributed by atoms with van der Waals surface area (Å²) in [4.78, 5) is 12.2. The van der Waals surface area contributed by atoms with Crippen LogP contribution in [0.5, 0.6) is 11.5 Å². The molecule has 2 aliphatic rings. The van der Waals surface area contributed by atoms with E-state index in [1.54, 1.807) is 10.8 Å². The molecule has 0 saturated heterocycles. The van der Waals surface area contributed by atoms with Crippen molar-refractivity contribution in [2.24, 2.45) is 7.05 Å². The number of aryl methyl sites for hydroxylation is 2. The summed E-state index contributed by atoms with van der Waals surface area (Å²) >= 11 is 0. The van der Waals surface area contributed by atoms with Gasteiger partial charge in [-0.25, -0.2) is 0 Å². The lowest BCUT2D eigenvalue weighted by Crippen LogP contribution is -2.12. The van der Waals surface area contributed by atoms with E-state index >= 15 is 0 Å². The SMILES string of the molecule is Cn1nc2c(c1NC(=O)/C=C/c1ccc3c(c1)OCO3)CCC2. The molecular weight excluding hydrogens is 294 g/mol. The molecule has 0 saturated carbocycles. The molecule has 0 bridgehead atoms. The number of nitrogens with zero attached hydrogens (tertiary/aromatic N) is 2. The first-order chi connectivity index (χ1) is 11.2. The minimum Gasteiger partial charge on any atom is -0.454 e. The maximum atomic E-state index is 12.2. The molecule has 1 N–H and O–H groups in total. The zero-order valence-electron chi connectivity index (χ0n) is 12.8. The third kappa shape index (κ3) is 2.56. The zero-order valence-corrected chi connectivity index (χ0v) is 12.8. The monoisotopic (exact) mass is 311 g/mol. The Balaban J connectivity index is 1.48. The molecule has 0 radical (unpaired) electrons. The first-order valence-electron chi connectivity index (χ1n) is 7.64. The average molecular weight is 311 g/mol. The van der Waals surface area contributed by atoms with E-state index in [1.807, 2.05) is 25.2 Å². The standard InChI is InChI=1S/C17H17N3O3/c1-20-17(12-3-2-4-13(12)19-20)18-16(21)8-6-11-5-7-14-15(9-11)23-10-22-14/h5-9H,2-4,10H2,1H3,(H,18,21)/b8-6+. The van der Waals surface area contributed by atoms with Crippen LogP contribution in [0.15, 0.2) is 24.3 Å². The van der Waals surface area contributed by atoms with E-state index in [1.165, 1.54) is 6.08 Å². The highest BCUT2D eigenvalue weighted by molar-refractivity contribution is 6.02. The number of carbonyl (C=O) groups is 1. The number of hydrogen-bond acceptors (Lipinski definition) is 4. The normalized spacial score (nSPS) is 15.2. The van der Waals surface area contributed by atoms with Gasteiger partial charge in [0.1, 0.15) is 5.82 Å². The molecular formula is C17H17N3O3. The summed E-state index contributed by atoms with van der Waals surface area (Å²) in [6.07, 6.45) is 6.35. The molecule has 6 heteroatoms. The molecule has 1 aromatic heterocycles. The molecule has 1 aromatic carbocycles. The maximum Gasteiger partial charge on any atom is 0.249 e. The molecule has 23 heavy (non-hydrogen) atoms. The molecule has 1 aliphatic carbocycles. The van der Waals surface area contributed by atoms with Crippen LogP contribution in [-0.4, -0.2) is 22.5 Å². The lowest BCUT2D eigenvalue weighted by atomic mass is 10.2. The fourth-order valence-corrected chi connectivity index (χ4v) is 3.02. The van der Waals surface area contributed by atoms with Crippen molar-refractivity contribution in [2.75, 3.05) is 12.1 Å². The van der Waals surface area contributed by atoms with Crippen LogP contribution in [0.25, 0.3) is 6.08 Å². The van der Waals surface area contributed by atoms with Gasteiger partial charge in [0.05, 0.1) is 5.69 Å². The number of anilines is 1. The number of aromatic nitrogens is 2. The molecule has 1 aliphatic heterocycles. The highest BCUT2D eigenvalue weighted by atomic mass is 16.7. The van der Waals surface area contributed by atoms with Crippen molar-refractivity contribution in [1.82, 2.24) is 9.78 Å². The average Bonchev–Trinajstić information content (AvgIpc) is 3.23. The highest BCUT2D eigenvalue weighted by Gasteiger charge is 2.21. The lowest BCUT2D eigenvalue weighted by Gasteiger charge is -2.05. The first kappa shape index (κ1) is 13.9. The van der Waals surface area contributed by atoms with E-state index < -0.39 is 0 Å². The number of rotatable bonds is 3. The highest BCUT2D eigenvalue weighted by Crippen LogP contribution is 2.33. The fraction of sp³-hybridized carbons (Fsp3) is 0.294. The van der Waals surface area contributed by atoms with Crippen LogP contribution in [0.1, 0.15) is 23.2 Å². The van der Waals surface area contributed by atoms with Crippen molar-refractivity contribution in [3.8, 4) is 11.5 Å². The van der Waals surface area contributed by atoms with Crippen molar-refractivity contribution in [3.63, 3.8) is 0 Å². The third-order valence-electron chi connectivity index (χ3n) is 4.13. The van der Waals surface area contributed by atoms with Crippen molar-refractivity contribution < 1.29 is 14.3 Å². The van der Waals surface area contributed by atoms with Gasteiger partial charge >= 0.3 is 0 Å².